The Morgan fingerprint density at radius 2 is 2.06 bits per heavy atom. The fourth-order valence-electron chi connectivity index (χ4n) is 0.970. The molecule has 16 heavy (non-hydrogen) atoms. The summed E-state index contributed by atoms with van der Waals surface area (Å²) < 4.78 is 4.45. The molecule has 88 valence electrons. The van der Waals surface area contributed by atoms with E-state index >= 15 is 0 Å². The first-order valence-corrected chi connectivity index (χ1v) is 4.75. The van der Waals surface area contributed by atoms with E-state index in [4.69, 9.17) is 0 Å². The molecule has 0 bridgehead atoms. The van der Waals surface area contributed by atoms with Crippen LogP contribution in [0.2, 0.25) is 0 Å². The SMILES string of the molecule is CC.COC(=O)c1ncc([N+](=O)[O-])cc1C. The van der Waals surface area contributed by atoms with Crippen molar-refractivity contribution in [2.24, 2.45) is 0 Å². The van der Waals surface area contributed by atoms with E-state index in [9.17, 15) is 14.9 Å². The molecule has 0 fully saturated rings. The van der Waals surface area contributed by atoms with E-state index in [-0.39, 0.29) is 11.4 Å². The molecule has 0 amide bonds. The summed E-state index contributed by atoms with van der Waals surface area (Å²) in [6.45, 7) is 5.56. The van der Waals surface area contributed by atoms with Gasteiger partial charge >= 0.3 is 5.97 Å². The summed E-state index contributed by atoms with van der Waals surface area (Å²) in [7, 11) is 1.23. The number of pyridine rings is 1. The van der Waals surface area contributed by atoms with Crippen LogP contribution in [-0.4, -0.2) is 23.0 Å². The summed E-state index contributed by atoms with van der Waals surface area (Å²) in [4.78, 5) is 24.5. The van der Waals surface area contributed by atoms with Crippen LogP contribution in [0.3, 0.4) is 0 Å². The summed E-state index contributed by atoms with van der Waals surface area (Å²) >= 11 is 0. The number of carbonyl (C=O) groups is 1. The van der Waals surface area contributed by atoms with E-state index in [1.807, 2.05) is 13.8 Å². The third kappa shape index (κ3) is 3.30. The summed E-state index contributed by atoms with van der Waals surface area (Å²) in [5, 5.41) is 10.4. The van der Waals surface area contributed by atoms with Crippen molar-refractivity contribution >= 4 is 11.7 Å². The Kier molecular flexibility index (Phi) is 5.69. The Hall–Kier alpha value is -1.98. The van der Waals surface area contributed by atoms with Gasteiger partial charge in [0.05, 0.1) is 12.0 Å². The van der Waals surface area contributed by atoms with Crippen LogP contribution in [-0.2, 0) is 4.74 Å². The second-order valence-electron chi connectivity index (χ2n) is 2.61. The van der Waals surface area contributed by atoms with Crippen molar-refractivity contribution in [3.8, 4) is 0 Å². The van der Waals surface area contributed by atoms with Crippen molar-refractivity contribution in [2.45, 2.75) is 20.8 Å². The van der Waals surface area contributed by atoms with Crippen LogP contribution < -0.4 is 0 Å². The maximum Gasteiger partial charge on any atom is 0.356 e. The number of hydrogen-bond donors (Lipinski definition) is 0. The zero-order valence-electron chi connectivity index (χ0n) is 9.68. The molecular formula is C10H14N2O4. The largest absolute Gasteiger partial charge is 0.464 e. The number of aromatic nitrogens is 1. The maximum atomic E-state index is 11.1. The fourth-order valence-corrected chi connectivity index (χ4v) is 0.970. The van der Waals surface area contributed by atoms with Crippen LogP contribution in [0, 0.1) is 17.0 Å². The predicted molar refractivity (Wildman–Crippen MR) is 58.3 cm³/mol. The Labute approximate surface area is 93.4 Å². The second-order valence-corrected chi connectivity index (χ2v) is 2.61. The van der Waals surface area contributed by atoms with E-state index in [1.54, 1.807) is 6.92 Å². The molecule has 0 saturated heterocycles. The number of rotatable bonds is 2. The molecule has 1 heterocycles. The van der Waals surface area contributed by atoms with Crippen LogP contribution in [0.1, 0.15) is 29.9 Å². The molecule has 6 nitrogen and oxygen atoms in total. The topological polar surface area (TPSA) is 82.3 Å². The lowest BCUT2D eigenvalue weighted by molar-refractivity contribution is -0.385. The van der Waals surface area contributed by atoms with Crippen molar-refractivity contribution in [1.29, 1.82) is 0 Å². The van der Waals surface area contributed by atoms with Crippen LogP contribution in [0.4, 0.5) is 5.69 Å². The van der Waals surface area contributed by atoms with Crippen molar-refractivity contribution in [1.82, 2.24) is 4.98 Å². The minimum Gasteiger partial charge on any atom is -0.464 e. The maximum absolute atomic E-state index is 11.1. The van der Waals surface area contributed by atoms with Gasteiger partial charge in [0.2, 0.25) is 0 Å². The lowest BCUT2D eigenvalue weighted by Crippen LogP contribution is -2.07. The van der Waals surface area contributed by atoms with Crippen molar-refractivity contribution in [2.75, 3.05) is 7.11 Å². The molecule has 0 aromatic carbocycles. The highest BCUT2D eigenvalue weighted by Gasteiger charge is 2.14. The monoisotopic (exact) mass is 226 g/mol. The third-order valence-electron chi connectivity index (χ3n) is 1.65. The molecule has 0 N–H and O–H groups in total. The summed E-state index contributed by atoms with van der Waals surface area (Å²) in [5.74, 6) is -0.600. The number of nitrogens with zero attached hydrogens (tertiary/aromatic N) is 2. The number of aryl methyl sites for hydroxylation is 1. The molecule has 0 aliphatic heterocycles. The van der Waals surface area contributed by atoms with Crippen LogP contribution in [0.15, 0.2) is 12.3 Å². The summed E-state index contributed by atoms with van der Waals surface area (Å²) in [6.07, 6.45) is 1.03. The highest BCUT2D eigenvalue weighted by molar-refractivity contribution is 5.88. The lowest BCUT2D eigenvalue weighted by Gasteiger charge is -2.01. The van der Waals surface area contributed by atoms with Gasteiger partial charge in [-0.3, -0.25) is 10.1 Å². The van der Waals surface area contributed by atoms with Crippen LogP contribution in [0.25, 0.3) is 0 Å². The molecule has 0 aliphatic carbocycles. The van der Waals surface area contributed by atoms with Gasteiger partial charge in [-0.05, 0) is 12.5 Å². The molecule has 0 unspecified atom stereocenters. The number of methoxy groups -OCH3 is 1. The number of esters is 1. The zero-order chi connectivity index (χ0) is 12.7. The Morgan fingerprint density at radius 1 is 1.50 bits per heavy atom. The normalized spacial score (nSPS) is 8.75. The lowest BCUT2D eigenvalue weighted by atomic mass is 10.2. The molecule has 0 spiro atoms. The number of carbonyl (C=O) groups excluding carboxylic acids is 1. The van der Waals surface area contributed by atoms with E-state index in [2.05, 4.69) is 9.72 Å². The van der Waals surface area contributed by atoms with Gasteiger partial charge in [-0.2, -0.15) is 0 Å². The molecule has 0 atom stereocenters. The highest BCUT2D eigenvalue weighted by atomic mass is 16.6. The Bertz CT molecular complexity index is 390. The summed E-state index contributed by atoms with van der Waals surface area (Å²) in [5.41, 5.74) is 0.374. The van der Waals surface area contributed by atoms with Gasteiger partial charge in [-0.1, -0.05) is 13.8 Å². The first kappa shape index (κ1) is 14.0. The smallest absolute Gasteiger partial charge is 0.356 e. The molecule has 6 heteroatoms. The van der Waals surface area contributed by atoms with Crippen molar-refractivity contribution < 1.29 is 14.5 Å². The average Bonchev–Trinajstić information content (AvgIpc) is 2.30. The van der Waals surface area contributed by atoms with Gasteiger partial charge in [-0.15, -0.1) is 0 Å². The molecule has 1 aromatic rings. The first-order valence-electron chi connectivity index (χ1n) is 4.75. The molecular weight excluding hydrogens is 212 g/mol. The van der Waals surface area contributed by atoms with Gasteiger partial charge < -0.3 is 4.74 Å². The molecule has 0 aliphatic rings. The van der Waals surface area contributed by atoms with Crippen LogP contribution >= 0.6 is 0 Å². The van der Waals surface area contributed by atoms with Gasteiger partial charge in [0.25, 0.3) is 5.69 Å². The van der Waals surface area contributed by atoms with E-state index in [1.165, 1.54) is 13.2 Å². The number of ether oxygens (including phenoxy) is 1. The first-order chi connectivity index (χ1) is 7.56. The second kappa shape index (κ2) is 6.49. The predicted octanol–water partition coefficient (Wildman–Crippen LogP) is 2.11. The standard InChI is InChI=1S/C8H8N2O4.C2H6/c1-5-3-6(10(12)13)4-9-7(5)8(11)14-2;1-2/h3-4H,1-2H3;1-2H3. The molecule has 1 rings (SSSR count). The van der Waals surface area contributed by atoms with E-state index in [0.29, 0.717) is 5.56 Å². The van der Waals surface area contributed by atoms with Gasteiger partial charge in [0.1, 0.15) is 6.20 Å². The number of nitro groups is 1. The van der Waals surface area contributed by atoms with Gasteiger partial charge in [0, 0.05) is 6.07 Å². The van der Waals surface area contributed by atoms with Gasteiger partial charge in [-0.25, -0.2) is 9.78 Å². The molecule has 0 radical (unpaired) electrons. The quantitative estimate of drug-likeness (QED) is 0.438. The third-order valence-corrected chi connectivity index (χ3v) is 1.65. The Morgan fingerprint density at radius 3 is 2.44 bits per heavy atom. The van der Waals surface area contributed by atoms with Gasteiger partial charge in [0.15, 0.2) is 5.69 Å². The minimum absolute atomic E-state index is 0.0955. The molecule has 1 aromatic heterocycles. The van der Waals surface area contributed by atoms with Crippen LogP contribution in [0.5, 0.6) is 0 Å². The van der Waals surface area contributed by atoms with Crippen molar-refractivity contribution in [3.63, 3.8) is 0 Å². The average molecular weight is 226 g/mol. The minimum atomic E-state index is -0.600. The Balaban J connectivity index is 0.00000106. The van der Waals surface area contributed by atoms with E-state index in [0.717, 1.165) is 6.20 Å². The highest BCUT2D eigenvalue weighted by Crippen LogP contribution is 2.14. The van der Waals surface area contributed by atoms with E-state index < -0.39 is 10.9 Å². The zero-order valence-corrected chi connectivity index (χ0v) is 9.68. The fraction of sp³-hybridized carbons (Fsp3) is 0.400. The summed E-state index contributed by atoms with van der Waals surface area (Å²) in [6, 6.07) is 1.28. The number of hydrogen-bond acceptors (Lipinski definition) is 5. The van der Waals surface area contributed by atoms with Crippen molar-refractivity contribution in [3.05, 3.63) is 33.6 Å². The molecule has 0 saturated carbocycles.